The van der Waals surface area contributed by atoms with E-state index in [0.29, 0.717) is 0 Å². The first-order valence-corrected chi connectivity index (χ1v) is 7.88. The van der Waals surface area contributed by atoms with E-state index < -0.39 is 0 Å². The quantitative estimate of drug-likeness (QED) is 0.697. The molecule has 0 spiro atoms. The molecule has 0 saturated carbocycles. The molecule has 0 atom stereocenters. The molecule has 0 aliphatic heterocycles. The van der Waals surface area contributed by atoms with E-state index in [-0.39, 0.29) is 5.91 Å². The second-order valence-corrected chi connectivity index (χ2v) is 6.59. The minimum Gasteiger partial charge on any atom is -0.351 e. The molecule has 0 aromatic carbocycles. The van der Waals surface area contributed by atoms with E-state index in [1.54, 1.807) is 0 Å². The number of amides is 1. The zero-order valence-electron chi connectivity index (χ0n) is 10.3. The molecule has 96 valence electrons. The minimum absolute atomic E-state index is 0.0502. The van der Waals surface area contributed by atoms with Crippen molar-refractivity contribution in [1.82, 2.24) is 5.32 Å². The molecule has 0 bridgehead atoms. The molecule has 0 aliphatic carbocycles. The third-order valence-electron chi connectivity index (χ3n) is 2.61. The Morgan fingerprint density at radius 3 is 2.59 bits per heavy atom. The largest absolute Gasteiger partial charge is 0.351 e. The molecule has 0 aliphatic rings. The summed E-state index contributed by atoms with van der Waals surface area (Å²) >= 11 is 4.83. The normalized spacial score (nSPS) is 10.5. The average Bonchev–Trinajstić information content (AvgIpc) is 2.74. The fourth-order valence-corrected chi connectivity index (χ4v) is 2.93. The number of unbranched alkanes of at least 4 members (excludes halogenated alkanes) is 5. The van der Waals surface area contributed by atoms with Crippen molar-refractivity contribution < 1.29 is 4.79 Å². The highest BCUT2D eigenvalue weighted by Gasteiger charge is 2.06. The molecule has 0 unspecified atom stereocenters. The van der Waals surface area contributed by atoms with Crippen LogP contribution in [-0.4, -0.2) is 12.5 Å². The number of hydrogen-bond donors (Lipinski definition) is 1. The lowest BCUT2D eigenvalue weighted by atomic mass is 10.1. The number of hydrogen-bond acceptors (Lipinski definition) is 2. The van der Waals surface area contributed by atoms with Crippen molar-refractivity contribution >= 4 is 33.2 Å². The molecule has 1 amide bonds. The van der Waals surface area contributed by atoms with Crippen LogP contribution in [0.5, 0.6) is 0 Å². The molecule has 17 heavy (non-hydrogen) atoms. The maximum Gasteiger partial charge on any atom is 0.261 e. The molecule has 1 rings (SSSR count). The lowest BCUT2D eigenvalue weighted by Crippen LogP contribution is -2.23. The summed E-state index contributed by atoms with van der Waals surface area (Å²) in [6, 6.07) is 3.76. The van der Waals surface area contributed by atoms with Crippen molar-refractivity contribution in [3.05, 3.63) is 20.8 Å². The van der Waals surface area contributed by atoms with Crippen molar-refractivity contribution in [1.29, 1.82) is 0 Å². The van der Waals surface area contributed by atoms with E-state index in [2.05, 4.69) is 28.2 Å². The van der Waals surface area contributed by atoms with Crippen LogP contribution in [0.3, 0.4) is 0 Å². The Bertz CT molecular complexity index is 338. The SMILES string of the molecule is CCCCCCCCNC(=O)c1ccc(Br)s1. The number of nitrogens with one attached hydrogen (secondary N) is 1. The summed E-state index contributed by atoms with van der Waals surface area (Å²) in [4.78, 5) is 12.5. The zero-order valence-corrected chi connectivity index (χ0v) is 12.7. The summed E-state index contributed by atoms with van der Waals surface area (Å²) in [5.74, 6) is 0.0502. The first kappa shape index (κ1) is 14.7. The van der Waals surface area contributed by atoms with E-state index >= 15 is 0 Å². The molecule has 0 fully saturated rings. The molecule has 4 heteroatoms. The molecular weight excluding hydrogens is 298 g/mol. The summed E-state index contributed by atoms with van der Waals surface area (Å²) in [6.45, 7) is 3.01. The van der Waals surface area contributed by atoms with E-state index in [1.165, 1.54) is 43.4 Å². The summed E-state index contributed by atoms with van der Waals surface area (Å²) < 4.78 is 1.00. The van der Waals surface area contributed by atoms with Gasteiger partial charge < -0.3 is 5.32 Å². The highest BCUT2D eigenvalue weighted by Crippen LogP contribution is 2.21. The number of thiophene rings is 1. The lowest BCUT2D eigenvalue weighted by molar-refractivity contribution is 0.0957. The number of carbonyl (C=O) groups excluding carboxylic acids is 1. The Morgan fingerprint density at radius 2 is 1.94 bits per heavy atom. The van der Waals surface area contributed by atoms with Gasteiger partial charge in [0.25, 0.3) is 5.91 Å². The summed E-state index contributed by atoms with van der Waals surface area (Å²) in [7, 11) is 0. The maximum atomic E-state index is 11.7. The molecule has 0 radical (unpaired) electrons. The maximum absolute atomic E-state index is 11.7. The van der Waals surface area contributed by atoms with Gasteiger partial charge in [-0.3, -0.25) is 4.79 Å². The predicted octanol–water partition coefficient (Wildman–Crippen LogP) is 4.60. The molecule has 2 nitrogen and oxygen atoms in total. The lowest BCUT2D eigenvalue weighted by Gasteiger charge is -2.03. The van der Waals surface area contributed by atoms with Gasteiger partial charge in [-0.2, -0.15) is 0 Å². The Balaban J connectivity index is 2.05. The van der Waals surface area contributed by atoms with Crippen LogP contribution in [0.15, 0.2) is 15.9 Å². The van der Waals surface area contributed by atoms with Gasteiger partial charge in [-0.15, -0.1) is 11.3 Å². The van der Waals surface area contributed by atoms with E-state index in [0.717, 1.165) is 21.6 Å². The van der Waals surface area contributed by atoms with Gasteiger partial charge in [0, 0.05) is 6.54 Å². The first-order chi connectivity index (χ1) is 8.24. The second kappa shape index (κ2) is 8.70. The van der Waals surface area contributed by atoms with Gasteiger partial charge in [0.2, 0.25) is 0 Å². The van der Waals surface area contributed by atoms with Crippen LogP contribution in [0.4, 0.5) is 0 Å². The standard InChI is InChI=1S/C13H20BrNOS/c1-2-3-4-5-6-7-10-15-13(16)11-8-9-12(14)17-11/h8-9H,2-7,10H2,1H3,(H,15,16). The summed E-state index contributed by atoms with van der Waals surface area (Å²) in [5, 5.41) is 2.95. The second-order valence-electron chi connectivity index (χ2n) is 4.13. The van der Waals surface area contributed by atoms with Gasteiger partial charge in [0.05, 0.1) is 8.66 Å². The highest BCUT2D eigenvalue weighted by atomic mass is 79.9. The summed E-state index contributed by atoms with van der Waals surface area (Å²) in [6.07, 6.45) is 7.52. The first-order valence-electron chi connectivity index (χ1n) is 6.27. The zero-order chi connectivity index (χ0) is 12.5. The topological polar surface area (TPSA) is 29.1 Å². The van der Waals surface area contributed by atoms with Crippen molar-refractivity contribution in [2.24, 2.45) is 0 Å². The van der Waals surface area contributed by atoms with Crippen LogP contribution >= 0.6 is 27.3 Å². The molecule has 0 saturated heterocycles. The van der Waals surface area contributed by atoms with E-state index in [4.69, 9.17) is 0 Å². The van der Waals surface area contributed by atoms with Crippen molar-refractivity contribution in [2.75, 3.05) is 6.54 Å². The Kier molecular flexibility index (Phi) is 7.53. The Morgan fingerprint density at radius 1 is 1.24 bits per heavy atom. The van der Waals surface area contributed by atoms with E-state index in [1.807, 2.05) is 12.1 Å². The van der Waals surface area contributed by atoms with Gasteiger partial charge in [-0.1, -0.05) is 39.0 Å². The van der Waals surface area contributed by atoms with Crippen LogP contribution in [0.25, 0.3) is 0 Å². The number of rotatable bonds is 8. The van der Waals surface area contributed by atoms with Crippen LogP contribution in [0.2, 0.25) is 0 Å². The molecule has 1 aromatic rings. The van der Waals surface area contributed by atoms with Gasteiger partial charge in [-0.05, 0) is 34.5 Å². The average molecular weight is 318 g/mol. The van der Waals surface area contributed by atoms with Gasteiger partial charge in [0.15, 0.2) is 0 Å². The fourth-order valence-electron chi connectivity index (χ4n) is 1.63. The van der Waals surface area contributed by atoms with Gasteiger partial charge >= 0.3 is 0 Å². The summed E-state index contributed by atoms with van der Waals surface area (Å²) in [5.41, 5.74) is 0. The molecular formula is C13H20BrNOS. The van der Waals surface area contributed by atoms with Crippen LogP contribution in [-0.2, 0) is 0 Å². The molecule has 1 aromatic heterocycles. The number of halogens is 1. The van der Waals surface area contributed by atoms with Gasteiger partial charge in [0.1, 0.15) is 0 Å². The Labute approximate surface area is 116 Å². The predicted molar refractivity (Wildman–Crippen MR) is 77.7 cm³/mol. The monoisotopic (exact) mass is 317 g/mol. The third kappa shape index (κ3) is 6.22. The van der Waals surface area contributed by atoms with Gasteiger partial charge in [-0.25, -0.2) is 0 Å². The van der Waals surface area contributed by atoms with E-state index in [9.17, 15) is 4.79 Å². The fraction of sp³-hybridized carbons (Fsp3) is 0.615. The van der Waals surface area contributed by atoms with Crippen LogP contribution < -0.4 is 5.32 Å². The van der Waals surface area contributed by atoms with Crippen molar-refractivity contribution in [2.45, 2.75) is 45.4 Å². The molecule has 1 heterocycles. The van der Waals surface area contributed by atoms with Crippen molar-refractivity contribution in [3.8, 4) is 0 Å². The van der Waals surface area contributed by atoms with Crippen LogP contribution in [0.1, 0.15) is 55.1 Å². The van der Waals surface area contributed by atoms with Crippen molar-refractivity contribution in [3.63, 3.8) is 0 Å². The highest BCUT2D eigenvalue weighted by molar-refractivity contribution is 9.11. The number of carbonyl (C=O) groups is 1. The smallest absolute Gasteiger partial charge is 0.261 e. The minimum atomic E-state index is 0.0502. The van der Waals surface area contributed by atoms with Crippen LogP contribution in [0, 0.1) is 0 Å². The third-order valence-corrected chi connectivity index (χ3v) is 4.24. The Hall–Kier alpha value is -0.350. The molecule has 1 N–H and O–H groups in total.